The van der Waals surface area contributed by atoms with E-state index in [2.05, 4.69) is 27.7 Å². The van der Waals surface area contributed by atoms with Gasteiger partial charge in [-0.2, -0.15) is 0 Å². The van der Waals surface area contributed by atoms with Crippen LogP contribution in [0.15, 0.2) is 4.99 Å². The lowest BCUT2D eigenvalue weighted by atomic mass is 10.1. The fourth-order valence-corrected chi connectivity index (χ4v) is 1.64. The van der Waals surface area contributed by atoms with Crippen molar-refractivity contribution in [1.29, 1.82) is 0 Å². The predicted molar refractivity (Wildman–Crippen MR) is 59.0 cm³/mol. The topological polar surface area (TPSA) is 65.7 Å². The lowest BCUT2D eigenvalue weighted by molar-refractivity contribution is 0.246. The minimum Gasteiger partial charge on any atom is -0.353 e. The highest BCUT2D eigenvalue weighted by Crippen LogP contribution is 2.07. The molecule has 0 aromatic rings. The summed E-state index contributed by atoms with van der Waals surface area (Å²) in [4.78, 5) is 6.55. The van der Waals surface area contributed by atoms with Gasteiger partial charge >= 0.3 is 0 Å². The van der Waals surface area contributed by atoms with Gasteiger partial charge in [-0.3, -0.25) is 10.4 Å². The molecular formula is C9H21N5. The van der Waals surface area contributed by atoms with Gasteiger partial charge in [0, 0.05) is 12.6 Å². The molecule has 0 spiro atoms. The van der Waals surface area contributed by atoms with E-state index >= 15 is 0 Å². The molecule has 14 heavy (non-hydrogen) atoms. The Morgan fingerprint density at radius 3 is 2.64 bits per heavy atom. The molecule has 1 aliphatic rings. The van der Waals surface area contributed by atoms with Crippen molar-refractivity contribution >= 4 is 5.96 Å². The van der Waals surface area contributed by atoms with E-state index in [1.54, 1.807) is 0 Å². The molecule has 4 N–H and O–H groups in total. The van der Waals surface area contributed by atoms with Gasteiger partial charge in [-0.25, -0.2) is 5.84 Å². The standard InChI is InChI=1S/C9H21N5/c1-3-11-9(13-10)12-8-4-6-14(2)7-5-8/h8H,3-7,10H2,1-2H3,(H2,11,12,13). The van der Waals surface area contributed by atoms with Crippen molar-refractivity contribution in [2.45, 2.75) is 25.8 Å². The van der Waals surface area contributed by atoms with Crippen molar-refractivity contribution in [3.63, 3.8) is 0 Å². The molecule has 5 heteroatoms. The van der Waals surface area contributed by atoms with Gasteiger partial charge in [0.25, 0.3) is 0 Å². The van der Waals surface area contributed by atoms with E-state index in [0.717, 1.165) is 32.5 Å². The highest BCUT2D eigenvalue weighted by Gasteiger charge is 2.16. The summed E-state index contributed by atoms with van der Waals surface area (Å²) in [6.45, 7) is 5.02. The Morgan fingerprint density at radius 1 is 1.50 bits per heavy atom. The Bertz CT molecular complexity index is 184. The molecule has 1 rings (SSSR count). The number of nitrogens with zero attached hydrogens (tertiary/aromatic N) is 2. The molecule has 1 aliphatic heterocycles. The lowest BCUT2D eigenvalue weighted by Crippen LogP contribution is -2.49. The molecule has 0 unspecified atom stereocenters. The normalized spacial score (nSPS) is 20.9. The first-order valence-corrected chi connectivity index (χ1v) is 5.22. The van der Waals surface area contributed by atoms with Crippen LogP contribution in [0, 0.1) is 0 Å². The predicted octanol–water partition coefficient (Wildman–Crippen LogP) is -0.491. The number of hydrogen-bond acceptors (Lipinski definition) is 3. The van der Waals surface area contributed by atoms with Crippen LogP contribution in [0.5, 0.6) is 0 Å². The molecule has 0 aromatic heterocycles. The zero-order valence-electron chi connectivity index (χ0n) is 9.08. The maximum Gasteiger partial charge on any atom is 0.205 e. The molecule has 0 atom stereocenters. The SMILES string of the molecule is CCN=C(NN)NC1CCN(C)CC1. The third-order valence-electron chi connectivity index (χ3n) is 2.51. The van der Waals surface area contributed by atoms with Crippen molar-refractivity contribution in [2.75, 3.05) is 26.7 Å². The number of likely N-dealkylation sites (tertiary alicyclic amines) is 1. The maximum atomic E-state index is 5.35. The highest BCUT2D eigenvalue weighted by atomic mass is 15.3. The summed E-state index contributed by atoms with van der Waals surface area (Å²) in [5, 5.41) is 3.31. The largest absolute Gasteiger partial charge is 0.353 e. The molecule has 0 aromatic carbocycles. The molecule has 82 valence electrons. The second-order valence-corrected chi connectivity index (χ2v) is 3.69. The molecular weight excluding hydrogens is 178 g/mol. The molecule has 1 fully saturated rings. The molecule has 0 amide bonds. The first-order valence-electron chi connectivity index (χ1n) is 5.22. The minimum atomic E-state index is 0.507. The third kappa shape index (κ3) is 3.51. The van der Waals surface area contributed by atoms with E-state index in [4.69, 9.17) is 5.84 Å². The fourth-order valence-electron chi connectivity index (χ4n) is 1.64. The number of hydrazine groups is 1. The smallest absolute Gasteiger partial charge is 0.205 e. The maximum absolute atomic E-state index is 5.35. The Hall–Kier alpha value is -0.810. The van der Waals surface area contributed by atoms with Gasteiger partial charge in [0.1, 0.15) is 0 Å². The van der Waals surface area contributed by atoms with Gasteiger partial charge < -0.3 is 10.2 Å². The Labute approximate surface area is 85.7 Å². The summed E-state index contributed by atoms with van der Waals surface area (Å²) < 4.78 is 0. The summed E-state index contributed by atoms with van der Waals surface area (Å²) in [5.74, 6) is 6.06. The number of nitrogens with two attached hydrogens (primary N) is 1. The van der Waals surface area contributed by atoms with Gasteiger partial charge in [0.2, 0.25) is 5.96 Å². The van der Waals surface area contributed by atoms with E-state index in [1.165, 1.54) is 0 Å². The van der Waals surface area contributed by atoms with Gasteiger partial charge in [-0.15, -0.1) is 0 Å². The van der Waals surface area contributed by atoms with Crippen LogP contribution in [0.1, 0.15) is 19.8 Å². The van der Waals surface area contributed by atoms with E-state index in [9.17, 15) is 0 Å². The number of aliphatic imine (C=N–C) groups is 1. The lowest BCUT2D eigenvalue weighted by Gasteiger charge is -2.30. The van der Waals surface area contributed by atoms with Gasteiger partial charge in [-0.05, 0) is 39.9 Å². The Balaban J connectivity index is 2.32. The second kappa shape index (κ2) is 5.82. The second-order valence-electron chi connectivity index (χ2n) is 3.69. The fraction of sp³-hybridized carbons (Fsp3) is 0.889. The number of piperidine rings is 1. The quantitative estimate of drug-likeness (QED) is 0.243. The van der Waals surface area contributed by atoms with Crippen molar-refractivity contribution in [3.05, 3.63) is 0 Å². The monoisotopic (exact) mass is 199 g/mol. The highest BCUT2D eigenvalue weighted by molar-refractivity contribution is 5.79. The van der Waals surface area contributed by atoms with Crippen molar-refractivity contribution in [2.24, 2.45) is 10.8 Å². The first-order chi connectivity index (χ1) is 6.76. The molecule has 0 saturated carbocycles. The minimum absolute atomic E-state index is 0.507. The van der Waals surface area contributed by atoms with Crippen LogP contribution in [0.4, 0.5) is 0 Å². The van der Waals surface area contributed by atoms with Crippen LogP contribution in [-0.2, 0) is 0 Å². The van der Waals surface area contributed by atoms with Crippen LogP contribution in [0.2, 0.25) is 0 Å². The number of hydrogen-bond donors (Lipinski definition) is 3. The molecule has 1 heterocycles. The zero-order chi connectivity index (χ0) is 10.4. The van der Waals surface area contributed by atoms with Crippen LogP contribution in [0.3, 0.4) is 0 Å². The number of rotatable bonds is 2. The molecule has 1 saturated heterocycles. The zero-order valence-corrected chi connectivity index (χ0v) is 9.08. The average Bonchev–Trinajstić information content (AvgIpc) is 2.20. The average molecular weight is 199 g/mol. The van der Waals surface area contributed by atoms with Gasteiger partial charge in [-0.1, -0.05) is 0 Å². The summed E-state index contributed by atoms with van der Waals surface area (Å²) in [6.07, 6.45) is 2.31. The summed E-state index contributed by atoms with van der Waals surface area (Å²) >= 11 is 0. The Kier molecular flexibility index (Phi) is 4.69. The number of nitrogens with one attached hydrogen (secondary N) is 2. The molecule has 0 radical (unpaired) electrons. The van der Waals surface area contributed by atoms with E-state index in [-0.39, 0.29) is 0 Å². The number of guanidine groups is 1. The van der Waals surface area contributed by atoms with Crippen molar-refractivity contribution in [1.82, 2.24) is 15.6 Å². The van der Waals surface area contributed by atoms with Crippen molar-refractivity contribution in [3.8, 4) is 0 Å². The van der Waals surface area contributed by atoms with Crippen LogP contribution in [-0.4, -0.2) is 43.6 Å². The summed E-state index contributed by atoms with van der Waals surface area (Å²) in [6, 6.07) is 0.507. The summed E-state index contributed by atoms with van der Waals surface area (Å²) in [5.41, 5.74) is 2.59. The van der Waals surface area contributed by atoms with Crippen molar-refractivity contribution < 1.29 is 0 Å². The molecule has 5 nitrogen and oxygen atoms in total. The third-order valence-corrected chi connectivity index (χ3v) is 2.51. The van der Waals surface area contributed by atoms with Gasteiger partial charge in [0.15, 0.2) is 0 Å². The van der Waals surface area contributed by atoms with Crippen LogP contribution >= 0.6 is 0 Å². The van der Waals surface area contributed by atoms with Gasteiger partial charge in [0.05, 0.1) is 0 Å². The van der Waals surface area contributed by atoms with Crippen LogP contribution < -0.4 is 16.6 Å². The van der Waals surface area contributed by atoms with Crippen LogP contribution in [0.25, 0.3) is 0 Å². The first kappa shape index (κ1) is 11.3. The molecule has 0 aliphatic carbocycles. The summed E-state index contributed by atoms with van der Waals surface area (Å²) in [7, 11) is 2.15. The Morgan fingerprint density at radius 2 is 2.14 bits per heavy atom. The van der Waals surface area contributed by atoms with E-state index < -0.39 is 0 Å². The molecule has 0 bridgehead atoms. The van der Waals surface area contributed by atoms with E-state index in [1.807, 2.05) is 6.92 Å². The van der Waals surface area contributed by atoms with E-state index in [0.29, 0.717) is 12.0 Å².